The van der Waals surface area contributed by atoms with Gasteiger partial charge in [-0.1, -0.05) is 0 Å². The molecule has 3 nitrogen and oxygen atoms in total. The van der Waals surface area contributed by atoms with Crippen LogP contribution >= 0.6 is 0 Å². The highest BCUT2D eigenvalue weighted by molar-refractivity contribution is 5.51. The van der Waals surface area contributed by atoms with Crippen LogP contribution in [-0.2, 0) is 4.79 Å². The molecule has 1 unspecified atom stereocenters. The van der Waals surface area contributed by atoms with Crippen LogP contribution in [0.4, 0.5) is 0 Å². The van der Waals surface area contributed by atoms with E-state index in [-0.39, 0.29) is 19.4 Å². The van der Waals surface area contributed by atoms with E-state index >= 15 is 0 Å². The maximum Gasteiger partial charge on any atom is 0.122 e. The van der Waals surface area contributed by atoms with Gasteiger partial charge in [-0.15, -0.1) is 0 Å². The quantitative estimate of drug-likeness (QED) is 0.517. The lowest BCUT2D eigenvalue weighted by molar-refractivity contribution is -0.112. The van der Waals surface area contributed by atoms with Crippen LogP contribution in [0.5, 0.6) is 0 Å². The summed E-state index contributed by atoms with van der Waals surface area (Å²) in [5.41, 5.74) is -1.02. The molecule has 0 aromatic carbocycles. The summed E-state index contributed by atoms with van der Waals surface area (Å²) in [6.45, 7) is 1.44. The Bertz CT molecular complexity index is 88.3. The first-order valence-electron chi connectivity index (χ1n) is 2.89. The third kappa shape index (κ3) is 4.12. The molecule has 0 aromatic heterocycles. The smallest absolute Gasteiger partial charge is 0.122 e. The average molecular weight is 132 g/mol. The minimum Gasteiger partial charge on any atom is -0.396 e. The van der Waals surface area contributed by atoms with Crippen LogP contribution in [0, 0.1) is 0 Å². The zero-order valence-corrected chi connectivity index (χ0v) is 5.50. The second kappa shape index (κ2) is 3.58. The molecule has 0 amide bonds. The van der Waals surface area contributed by atoms with Crippen molar-refractivity contribution in [3.05, 3.63) is 0 Å². The molecule has 0 rings (SSSR count). The van der Waals surface area contributed by atoms with E-state index < -0.39 is 5.60 Å². The molecule has 9 heavy (non-hydrogen) atoms. The predicted octanol–water partition coefficient (Wildman–Crippen LogP) is -0.291. The van der Waals surface area contributed by atoms with Crippen molar-refractivity contribution >= 4 is 6.29 Å². The Morgan fingerprint density at radius 3 is 2.56 bits per heavy atom. The van der Waals surface area contributed by atoms with Crippen LogP contribution in [0.2, 0.25) is 0 Å². The number of carbonyl (C=O) groups excluding carboxylic acids is 1. The summed E-state index contributed by atoms with van der Waals surface area (Å²) < 4.78 is 0. The van der Waals surface area contributed by atoms with Gasteiger partial charge in [-0.05, 0) is 13.3 Å². The lowest BCUT2D eigenvalue weighted by Crippen LogP contribution is -2.25. The molecule has 0 bridgehead atoms. The van der Waals surface area contributed by atoms with Gasteiger partial charge in [0.2, 0.25) is 0 Å². The van der Waals surface area contributed by atoms with E-state index in [1.54, 1.807) is 0 Å². The lowest BCUT2D eigenvalue weighted by Gasteiger charge is -2.17. The molecule has 1 atom stereocenters. The van der Waals surface area contributed by atoms with Crippen LogP contribution in [0.25, 0.3) is 0 Å². The Hall–Kier alpha value is -0.410. The van der Waals surface area contributed by atoms with Gasteiger partial charge < -0.3 is 15.0 Å². The van der Waals surface area contributed by atoms with Gasteiger partial charge in [0, 0.05) is 13.0 Å². The van der Waals surface area contributed by atoms with Crippen molar-refractivity contribution in [1.82, 2.24) is 0 Å². The molecule has 3 heteroatoms. The van der Waals surface area contributed by atoms with Crippen molar-refractivity contribution in [2.75, 3.05) is 6.61 Å². The molecular formula is C6H12O3. The highest BCUT2D eigenvalue weighted by atomic mass is 16.3. The summed E-state index contributed by atoms with van der Waals surface area (Å²) in [5.74, 6) is 0. The van der Waals surface area contributed by atoms with Gasteiger partial charge in [0.05, 0.1) is 5.60 Å². The maximum atomic E-state index is 9.85. The van der Waals surface area contributed by atoms with Crippen molar-refractivity contribution in [2.45, 2.75) is 25.4 Å². The summed E-state index contributed by atoms with van der Waals surface area (Å²) in [6, 6.07) is 0. The summed E-state index contributed by atoms with van der Waals surface area (Å²) in [7, 11) is 0. The van der Waals surface area contributed by atoms with Crippen LogP contribution in [-0.4, -0.2) is 28.7 Å². The fraction of sp³-hybridized carbons (Fsp3) is 0.833. The van der Waals surface area contributed by atoms with Gasteiger partial charge in [0.15, 0.2) is 0 Å². The van der Waals surface area contributed by atoms with Crippen molar-refractivity contribution in [3.63, 3.8) is 0 Å². The predicted molar refractivity (Wildman–Crippen MR) is 33.0 cm³/mol. The molecule has 0 aliphatic carbocycles. The number of hydrogen-bond acceptors (Lipinski definition) is 3. The zero-order valence-electron chi connectivity index (χ0n) is 5.50. The Labute approximate surface area is 54.3 Å². The number of carbonyl (C=O) groups is 1. The molecule has 0 aliphatic heterocycles. The fourth-order valence-electron chi connectivity index (χ4n) is 0.522. The van der Waals surface area contributed by atoms with Crippen molar-refractivity contribution < 1.29 is 15.0 Å². The van der Waals surface area contributed by atoms with Gasteiger partial charge in [-0.3, -0.25) is 0 Å². The highest BCUT2D eigenvalue weighted by Crippen LogP contribution is 2.10. The largest absolute Gasteiger partial charge is 0.396 e. The second-order valence-electron chi connectivity index (χ2n) is 2.34. The standard InChI is InChI=1S/C6H12O3/c1-6(9,2-4-7)3-5-8/h4,8-9H,2-3,5H2,1H3. The zero-order chi connectivity index (χ0) is 7.33. The second-order valence-corrected chi connectivity index (χ2v) is 2.34. The molecule has 0 radical (unpaired) electrons. The van der Waals surface area contributed by atoms with Gasteiger partial charge >= 0.3 is 0 Å². The van der Waals surface area contributed by atoms with Crippen LogP contribution in [0.1, 0.15) is 19.8 Å². The molecule has 0 aromatic rings. The Balaban J connectivity index is 3.55. The van der Waals surface area contributed by atoms with Crippen molar-refractivity contribution in [1.29, 1.82) is 0 Å². The molecule has 54 valence electrons. The number of aldehydes is 1. The maximum absolute atomic E-state index is 9.85. The van der Waals surface area contributed by atoms with Crippen LogP contribution in [0.15, 0.2) is 0 Å². The van der Waals surface area contributed by atoms with E-state index in [4.69, 9.17) is 10.2 Å². The summed E-state index contributed by atoms with van der Waals surface area (Å²) in [4.78, 5) is 9.85. The summed E-state index contributed by atoms with van der Waals surface area (Å²) in [5, 5.41) is 17.5. The minimum absolute atomic E-state index is 0.0825. The monoisotopic (exact) mass is 132 g/mol. The van der Waals surface area contributed by atoms with E-state index in [9.17, 15) is 4.79 Å². The molecule has 0 saturated heterocycles. The van der Waals surface area contributed by atoms with Crippen molar-refractivity contribution in [2.24, 2.45) is 0 Å². The molecule has 2 N–H and O–H groups in total. The van der Waals surface area contributed by atoms with E-state index in [0.29, 0.717) is 6.29 Å². The Morgan fingerprint density at radius 1 is 1.67 bits per heavy atom. The van der Waals surface area contributed by atoms with Crippen LogP contribution in [0.3, 0.4) is 0 Å². The summed E-state index contributed by atoms with van der Waals surface area (Å²) >= 11 is 0. The topological polar surface area (TPSA) is 57.5 Å². The third-order valence-corrected chi connectivity index (χ3v) is 1.17. The molecular weight excluding hydrogens is 120 g/mol. The first-order chi connectivity index (χ1) is 4.12. The molecule has 0 spiro atoms. The first-order valence-corrected chi connectivity index (χ1v) is 2.89. The Morgan fingerprint density at radius 2 is 2.22 bits per heavy atom. The van der Waals surface area contributed by atoms with Gasteiger partial charge in [0.1, 0.15) is 6.29 Å². The van der Waals surface area contributed by atoms with E-state index in [1.807, 2.05) is 0 Å². The number of rotatable bonds is 4. The fourth-order valence-corrected chi connectivity index (χ4v) is 0.522. The van der Waals surface area contributed by atoms with Crippen molar-refractivity contribution in [3.8, 4) is 0 Å². The molecule has 0 heterocycles. The van der Waals surface area contributed by atoms with Gasteiger partial charge in [-0.25, -0.2) is 0 Å². The highest BCUT2D eigenvalue weighted by Gasteiger charge is 2.17. The van der Waals surface area contributed by atoms with E-state index in [1.165, 1.54) is 6.92 Å². The van der Waals surface area contributed by atoms with Gasteiger partial charge in [-0.2, -0.15) is 0 Å². The van der Waals surface area contributed by atoms with E-state index in [0.717, 1.165) is 0 Å². The van der Waals surface area contributed by atoms with Gasteiger partial charge in [0.25, 0.3) is 0 Å². The number of hydrogen-bond donors (Lipinski definition) is 2. The van der Waals surface area contributed by atoms with Crippen LogP contribution < -0.4 is 0 Å². The van der Waals surface area contributed by atoms with E-state index in [2.05, 4.69) is 0 Å². The summed E-state index contributed by atoms with van der Waals surface area (Å²) in [6.07, 6.45) is 0.995. The Kier molecular flexibility index (Phi) is 3.42. The minimum atomic E-state index is -1.02. The lowest BCUT2D eigenvalue weighted by atomic mass is 10.00. The SMILES string of the molecule is CC(O)(CC=O)CCO. The number of aliphatic hydroxyl groups is 2. The normalized spacial score (nSPS) is 16.8. The average Bonchev–Trinajstić information content (AvgIpc) is 1.64. The third-order valence-electron chi connectivity index (χ3n) is 1.17. The number of aliphatic hydroxyl groups excluding tert-OH is 1. The molecule has 0 aliphatic rings. The molecule has 0 saturated carbocycles. The first kappa shape index (κ1) is 8.59. The molecule has 0 fully saturated rings.